The zero-order valence-corrected chi connectivity index (χ0v) is 10.7. The monoisotopic (exact) mass is 250 g/mol. The first-order valence-corrected chi connectivity index (χ1v) is 6.16. The summed E-state index contributed by atoms with van der Waals surface area (Å²) in [4.78, 5) is 12.6. The quantitative estimate of drug-likeness (QED) is 0.644. The van der Waals surface area contributed by atoms with E-state index in [0.29, 0.717) is 17.2 Å². The van der Waals surface area contributed by atoms with Gasteiger partial charge in [0.05, 0.1) is 11.0 Å². The molecule has 1 aromatic rings. The maximum absolute atomic E-state index is 11.1. The number of rotatable bonds is 5. The highest BCUT2D eigenvalue weighted by Gasteiger charge is 2.26. The first-order valence-electron chi connectivity index (χ1n) is 6.16. The molecule has 0 amide bonds. The molecule has 1 aliphatic carbocycles. The molecule has 0 aromatic heterocycles. The molecule has 0 heterocycles. The Kier molecular flexibility index (Phi) is 3.52. The fourth-order valence-electron chi connectivity index (χ4n) is 2.06. The van der Waals surface area contributed by atoms with Crippen molar-refractivity contribution in [1.82, 2.24) is 0 Å². The molecule has 1 aliphatic rings. The van der Waals surface area contributed by atoms with Gasteiger partial charge in [0.15, 0.2) is 0 Å². The van der Waals surface area contributed by atoms with Crippen LogP contribution in [0.4, 0.5) is 11.4 Å². The molecule has 1 saturated carbocycles. The standard InChI is InChI=1S/C13H18N2O3/c1-9(16)11-5-6-12(13(7-11)15(17)18)14(2)8-10-3-4-10/h5-7,9-10,16H,3-4,8H2,1-2H3/t9-/m0/s1. The van der Waals surface area contributed by atoms with Crippen LogP contribution in [0.25, 0.3) is 0 Å². The number of benzene rings is 1. The molecular formula is C13H18N2O3. The maximum Gasteiger partial charge on any atom is 0.292 e. The summed E-state index contributed by atoms with van der Waals surface area (Å²) in [6, 6.07) is 4.93. The Labute approximate surface area is 106 Å². The number of hydrogen-bond donors (Lipinski definition) is 1. The molecule has 0 unspecified atom stereocenters. The van der Waals surface area contributed by atoms with Crippen LogP contribution < -0.4 is 4.90 Å². The summed E-state index contributed by atoms with van der Waals surface area (Å²) in [6.45, 7) is 2.46. The van der Waals surface area contributed by atoms with E-state index in [1.54, 1.807) is 19.1 Å². The van der Waals surface area contributed by atoms with Crippen LogP contribution in [0.3, 0.4) is 0 Å². The smallest absolute Gasteiger partial charge is 0.292 e. The van der Waals surface area contributed by atoms with E-state index in [1.807, 2.05) is 11.9 Å². The second kappa shape index (κ2) is 4.94. The van der Waals surface area contributed by atoms with Crippen LogP contribution in [0, 0.1) is 16.0 Å². The molecule has 98 valence electrons. The van der Waals surface area contributed by atoms with Crippen LogP contribution in [0.5, 0.6) is 0 Å². The number of nitro groups is 1. The van der Waals surface area contributed by atoms with Crippen molar-refractivity contribution in [3.05, 3.63) is 33.9 Å². The SMILES string of the molecule is C[C@H](O)c1ccc(N(C)CC2CC2)c([N+](=O)[O-])c1. The van der Waals surface area contributed by atoms with E-state index in [1.165, 1.54) is 18.9 Å². The highest BCUT2D eigenvalue weighted by Crippen LogP contribution is 2.35. The molecule has 1 N–H and O–H groups in total. The number of anilines is 1. The average molecular weight is 250 g/mol. The number of hydrogen-bond acceptors (Lipinski definition) is 4. The van der Waals surface area contributed by atoms with Crippen LogP contribution in [-0.2, 0) is 0 Å². The predicted molar refractivity (Wildman–Crippen MR) is 69.7 cm³/mol. The lowest BCUT2D eigenvalue weighted by Crippen LogP contribution is -2.21. The van der Waals surface area contributed by atoms with Crippen LogP contribution in [0.2, 0.25) is 0 Å². The molecule has 1 aromatic carbocycles. The Morgan fingerprint density at radius 3 is 2.72 bits per heavy atom. The fourth-order valence-corrected chi connectivity index (χ4v) is 2.06. The topological polar surface area (TPSA) is 66.6 Å². The third-order valence-electron chi connectivity index (χ3n) is 3.32. The molecule has 5 nitrogen and oxygen atoms in total. The second-order valence-electron chi connectivity index (χ2n) is 5.01. The number of nitro benzene ring substituents is 1. The molecule has 0 radical (unpaired) electrons. The van der Waals surface area contributed by atoms with Gasteiger partial charge in [-0.3, -0.25) is 10.1 Å². The number of aliphatic hydroxyl groups excluding tert-OH is 1. The van der Waals surface area contributed by atoms with Crippen molar-refractivity contribution in [2.45, 2.75) is 25.9 Å². The Morgan fingerprint density at radius 1 is 1.56 bits per heavy atom. The number of aliphatic hydroxyl groups is 1. The van der Waals surface area contributed by atoms with E-state index in [-0.39, 0.29) is 10.6 Å². The van der Waals surface area contributed by atoms with Crippen molar-refractivity contribution >= 4 is 11.4 Å². The van der Waals surface area contributed by atoms with Gasteiger partial charge < -0.3 is 10.0 Å². The molecule has 1 fully saturated rings. The van der Waals surface area contributed by atoms with Gasteiger partial charge >= 0.3 is 0 Å². The zero-order valence-electron chi connectivity index (χ0n) is 10.7. The number of nitrogens with zero attached hydrogens (tertiary/aromatic N) is 2. The summed E-state index contributed by atoms with van der Waals surface area (Å²) in [5, 5.41) is 20.6. The van der Waals surface area contributed by atoms with Crippen LogP contribution in [0.15, 0.2) is 18.2 Å². The Morgan fingerprint density at radius 2 is 2.22 bits per heavy atom. The van der Waals surface area contributed by atoms with Gasteiger partial charge in [0.1, 0.15) is 5.69 Å². The largest absolute Gasteiger partial charge is 0.389 e. The van der Waals surface area contributed by atoms with Crippen molar-refractivity contribution in [2.75, 3.05) is 18.5 Å². The third-order valence-corrected chi connectivity index (χ3v) is 3.32. The lowest BCUT2D eigenvalue weighted by Gasteiger charge is -2.19. The minimum absolute atomic E-state index is 0.0663. The van der Waals surface area contributed by atoms with Gasteiger partial charge in [-0.05, 0) is 37.3 Å². The first kappa shape index (κ1) is 12.8. The van der Waals surface area contributed by atoms with E-state index in [9.17, 15) is 15.2 Å². The van der Waals surface area contributed by atoms with Crippen molar-refractivity contribution in [2.24, 2.45) is 5.92 Å². The molecule has 1 atom stereocenters. The Bertz CT molecular complexity index is 456. The van der Waals surface area contributed by atoms with Gasteiger partial charge in [0.2, 0.25) is 0 Å². The molecule has 0 aliphatic heterocycles. The van der Waals surface area contributed by atoms with Crippen molar-refractivity contribution < 1.29 is 10.0 Å². The third kappa shape index (κ3) is 2.79. The van der Waals surface area contributed by atoms with Gasteiger partial charge in [-0.1, -0.05) is 6.07 Å². The minimum Gasteiger partial charge on any atom is -0.389 e. The predicted octanol–water partition coefficient (Wildman–Crippen LogP) is 2.49. The molecule has 0 bridgehead atoms. The molecule has 0 saturated heterocycles. The Balaban J connectivity index is 2.29. The van der Waals surface area contributed by atoms with E-state index < -0.39 is 6.10 Å². The highest BCUT2D eigenvalue weighted by molar-refractivity contribution is 5.64. The minimum atomic E-state index is -0.688. The Hall–Kier alpha value is -1.62. The van der Waals surface area contributed by atoms with Gasteiger partial charge in [0.25, 0.3) is 5.69 Å². The molecular weight excluding hydrogens is 232 g/mol. The lowest BCUT2D eigenvalue weighted by atomic mass is 10.1. The maximum atomic E-state index is 11.1. The second-order valence-corrected chi connectivity index (χ2v) is 5.01. The van der Waals surface area contributed by atoms with Gasteiger partial charge in [0, 0.05) is 19.7 Å². The van der Waals surface area contributed by atoms with E-state index in [4.69, 9.17) is 0 Å². The van der Waals surface area contributed by atoms with Crippen LogP contribution in [0.1, 0.15) is 31.4 Å². The van der Waals surface area contributed by atoms with Gasteiger partial charge in [-0.25, -0.2) is 0 Å². The summed E-state index contributed by atoms with van der Waals surface area (Å²) >= 11 is 0. The average Bonchev–Trinajstić information content (AvgIpc) is 3.11. The van der Waals surface area contributed by atoms with Gasteiger partial charge in [-0.2, -0.15) is 0 Å². The zero-order chi connectivity index (χ0) is 13.3. The molecule has 18 heavy (non-hydrogen) atoms. The van der Waals surface area contributed by atoms with Gasteiger partial charge in [-0.15, -0.1) is 0 Å². The summed E-state index contributed by atoms with van der Waals surface area (Å²) in [5.41, 5.74) is 1.26. The van der Waals surface area contributed by atoms with Crippen LogP contribution in [-0.4, -0.2) is 23.6 Å². The van der Waals surface area contributed by atoms with Crippen molar-refractivity contribution in [1.29, 1.82) is 0 Å². The van der Waals surface area contributed by atoms with E-state index >= 15 is 0 Å². The summed E-state index contributed by atoms with van der Waals surface area (Å²) in [5.74, 6) is 0.672. The molecule has 5 heteroatoms. The molecule has 0 spiro atoms. The van der Waals surface area contributed by atoms with E-state index in [2.05, 4.69) is 0 Å². The highest BCUT2D eigenvalue weighted by atomic mass is 16.6. The normalized spacial score (nSPS) is 16.4. The lowest BCUT2D eigenvalue weighted by molar-refractivity contribution is -0.384. The summed E-state index contributed by atoms with van der Waals surface area (Å²) < 4.78 is 0. The first-order chi connectivity index (χ1) is 8.49. The van der Waals surface area contributed by atoms with Crippen molar-refractivity contribution in [3.63, 3.8) is 0 Å². The summed E-state index contributed by atoms with van der Waals surface area (Å²) in [7, 11) is 1.88. The van der Waals surface area contributed by atoms with Crippen molar-refractivity contribution in [3.8, 4) is 0 Å². The van der Waals surface area contributed by atoms with E-state index in [0.717, 1.165) is 6.54 Å². The summed E-state index contributed by atoms with van der Waals surface area (Å²) in [6.07, 6.45) is 1.74. The van der Waals surface area contributed by atoms with Crippen LogP contribution >= 0.6 is 0 Å². The fraction of sp³-hybridized carbons (Fsp3) is 0.538. The molecule has 2 rings (SSSR count).